The predicted molar refractivity (Wildman–Crippen MR) is 86.3 cm³/mol. The van der Waals surface area contributed by atoms with Crippen LogP contribution in [0.3, 0.4) is 0 Å². The first-order valence-corrected chi connectivity index (χ1v) is 7.54. The van der Waals surface area contributed by atoms with Gasteiger partial charge in [-0.3, -0.25) is 4.79 Å². The number of aryl methyl sites for hydroxylation is 2. The minimum absolute atomic E-state index is 0.0198. The molecule has 1 rings (SSSR count). The Balaban J connectivity index is 2.33. The Kier molecular flexibility index (Phi) is 6.85. The van der Waals surface area contributed by atoms with E-state index in [4.69, 9.17) is 0 Å². The lowest BCUT2D eigenvalue weighted by molar-refractivity contribution is -0.122. The minimum atomic E-state index is -0.901. The summed E-state index contributed by atoms with van der Waals surface area (Å²) in [6.45, 7) is 4.66. The molecular weight excluding hydrogens is 264 g/mol. The van der Waals surface area contributed by atoms with Crippen molar-refractivity contribution in [1.29, 1.82) is 0 Å². The van der Waals surface area contributed by atoms with Crippen LogP contribution in [0, 0.1) is 0 Å². The third kappa shape index (κ3) is 7.25. The normalized spacial score (nSPS) is 14.0. The number of hydrogen-bond donors (Lipinski definition) is 2. The number of carbonyl (C=O) groups excluding carboxylic acids is 1. The number of aliphatic hydroxyl groups is 1. The summed E-state index contributed by atoms with van der Waals surface area (Å²) in [7, 11) is 3.80. The zero-order valence-electron chi connectivity index (χ0n) is 13.6. The lowest BCUT2D eigenvalue weighted by Crippen LogP contribution is -2.47. The molecule has 0 saturated carbocycles. The minimum Gasteiger partial charge on any atom is -0.387 e. The van der Waals surface area contributed by atoms with Crippen molar-refractivity contribution in [2.45, 2.75) is 38.7 Å². The van der Waals surface area contributed by atoms with Gasteiger partial charge in [-0.25, -0.2) is 0 Å². The summed E-state index contributed by atoms with van der Waals surface area (Å²) in [6, 6.07) is 8.37. The smallest absolute Gasteiger partial charge is 0.220 e. The summed E-state index contributed by atoms with van der Waals surface area (Å²) < 4.78 is 0. The average Bonchev–Trinajstić information content (AvgIpc) is 2.42. The zero-order chi connectivity index (χ0) is 15.9. The standard InChI is InChI=1S/C17H28N2O2/c1-5-14-6-8-15(9-7-14)10-11-16(20)18-12-17(2,21)13-19(3)4/h6-9,21H,5,10-13H2,1-4H3,(H,18,20). The molecule has 0 heterocycles. The van der Waals surface area contributed by atoms with E-state index in [2.05, 4.69) is 36.5 Å². The van der Waals surface area contributed by atoms with Gasteiger partial charge >= 0.3 is 0 Å². The molecule has 21 heavy (non-hydrogen) atoms. The highest BCUT2D eigenvalue weighted by atomic mass is 16.3. The van der Waals surface area contributed by atoms with Gasteiger partial charge in [0.1, 0.15) is 0 Å². The number of benzene rings is 1. The van der Waals surface area contributed by atoms with E-state index in [-0.39, 0.29) is 12.5 Å². The first-order valence-electron chi connectivity index (χ1n) is 7.54. The van der Waals surface area contributed by atoms with Crippen molar-refractivity contribution in [3.63, 3.8) is 0 Å². The van der Waals surface area contributed by atoms with Crippen molar-refractivity contribution in [3.8, 4) is 0 Å². The molecule has 0 aliphatic rings. The van der Waals surface area contributed by atoms with Crippen LogP contribution in [-0.4, -0.2) is 48.7 Å². The molecule has 1 aromatic rings. The van der Waals surface area contributed by atoms with Gasteiger partial charge in [0, 0.05) is 19.5 Å². The van der Waals surface area contributed by atoms with E-state index in [0.717, 1.165) is 12.8 Å². The highest BCUT2D eigenvalue weighted by Crippen LogP contribution is 2.08. The van der Waals surface area contributed by atoms with Crippen LogP contribution in [0.1, 0.15) is 31.4 Å². The van der Waals surface area contributed by atoms with Gasteiger partial charge in [0.05, 0.1) is 5.60 Å². The summed E-state index contributed by atoms with van der Waals surface area (Å²) in [5.41, 5.74) is 1.58. The van der Waals surface area contributed by atoms with Crippen molar-refractivity contribution in [1.82, 2.24) is 10.2 Å². The van der Waals surface area contributed by atoms with E-state index in [0.29, 0.717) is 13.0 Å². The third-order valence-electron chi connectivity index (χ3n) is 3.40. The lowest BCUT2D eigenvalue weighted by Gasteiger charge is -2.27. The summed E-state index contributed by atoms with van der Waals surface area (Å²) >= 11 is 0. The van der Waals surface area contributed by atoms with E-state index in [9.17, 15) is 9.90 Å². The fourth-order valence-corrected chi connectivity index (χ4v) is 2.31. The van der Waals surface area contributed by atoms with Crippen LogP contribution in [0.15, 0.2) is 24.3 Å². The van der Waals surface area contributed by atoms with Crippen LogP contribution in [0.4, 0.5) is 0 Å². The second-order valence-corrected chi connectivity index (χ2v) is 6.18. The molecule has 0 radical (unpaired) electrons. The third-order valence-corrected chi connectivity index (χ3v) is 3.40. The summed E-state index contributed by atoms with van der Waals surface area (Å²) in [5, 5.41) is 12.9. The molecule has 4 heteroatoms. The molecule has 118 valence electrons. The largest absolute Gasteiger partial charge is 0.387 e. The SMILES string of the molecule is CCc1ccc(CCC(=O)NCC(C)(O)CN(C)C)cc1. The van der Waals surface area contributed by atoms with E-state index >= 15 is 0 Å². The Bertz CT molecular complexity index is 439. The number of amides is 1. The quantitative estimate of drug-likeness (QED) is 0.765. The Morgan fingerprint density at radius 3 is 2.33 bits per heavy atom. The monoisotopic (exact) mass is 292 g/mol. The topological polar surface area (TPSA) is 52.6 Å². The van der Waals surface area contributed by atoms with E-state index in [1.807, 2.05) is 19.0 Å². The summed E-state index contributed by atoms with van der Waals surface area (Å²) in [5.74, 6) is -0.0198. The van der Waals surface area contributed by atoms with Crippen molar-refractivity contribution in [2.75, 3.05) is 27.2 Å². The van der Waals surface area contributed by atoms with Gasteiger partial charge in [-0.15, -0.1) is 0 Å². The number of nitrogens with zero attached hydrogens (tertiary/aromatic N) is 1. The molecule has 1 aromatic carbocycles. The van der Waals surface area contributed by atoms with Crippen LogP contribution >= 0.6 is 0 Å². The number of carbonyl (C=O) groups is 1. The average molecular weight is 292 g/mol. The van der Waals surface area contributed by atoms with Crippen molar-refractivity contribution in [3.05, 3.63) is 35.4 Å². The van der Waals surface area contributed by atoms with Crippen molar-refractivity contribution >= 4 is 5.91 Å². The van der Waals surface area contributed by atoms with Crippen LogP contribution in [0.5, 0.6) is 0 Å². The fourth-order valence-electron chi connectivity index (χ4n) is 2.31. The molecule has 0 spiro atoms. The van der Waals surface area contributed by atoms with E-state index in [1.165, 1.54) is 11.1 Å². The predicted octanol–water partition coefficient (Wildman–Crippen LogP) is 1.61. The van der Waals surface area contributed by atoms with Crippen molar-refractivity contribution in [2.24, 2.45) is 0 Å². The highest BCUT2D eigenvalue weighted by Gasteiger charge is 2.21. The molecule has 2 N–H and O–H groups in total. The number of likely N-dealkylation sites (N-methyl/N-ethyl adjacent to an activating group) is 1. The zero-order valence-corrected chi connectivity index (χ0v) is 13.6. The van der Waals surface area contributed by atoms with Crippen LogP contribution in [-0.2, 0) is 17.6 Å². The molecule has 1 unspecified atom stereocenters. The molecule has 0 bridgehead atoms. The molecule has 1 atom stereocenters. The number of nitrogens with one attached hydrogen (secondary N) is 1. The lowest BCUT2D eigenvalue weighted by atomic mass is 10.1. The number of hydrogen-bond acceptors (Lipinski definition) is 3. The Hall–Kier alpha value is -1.39. The summed E-state index contributed by atoms with van der Waals surface area (Å²) in [6.07, 6.45) is 2.21. The number of rotatable bonds is 8. The molecular formula is C17H28N2O2. The molecule has 4 nitrogen and oxygen atoms in total. The first-order chi connectivity index (χ1) is 9.82. The van der Waals surface area contributed by atoms with Crippen LogP contribution in [0.2, 0.25) is 0 Å². The van der Waals surface area contributed by atoms with Crippen LogP contribution in [0.25, 0.3) is 0 Å². The van der Waals surface area contributed by atoms with Crippen LogP contribution < -0.4 is 5.32 Å². The maximum absolute atomic E-state index is 11.8. The highest BCUT2D eigenvalue weighted by molar-refractivity contribution is 5.76. The Labute approximate surface area is 128 Å². The Morgan fingerprint density at radius 1 is 1.24 bits per heavy atom. The van der Waals surface area contributed by atoms with Gasteiger partial charge in [0.25, 0.3) is 0 Å². The van der Waals surface area contributed by atoms with Gasteiger partial charge in [0.2, 0.25) is 5.91 Å². The van der Waals surface area contributed by atoms with Gasteiger partial charge in [-0.1, -0.05) is 31.2 Å². The fraction of sp³-hybridized carbons (Fsp3) is 0.588. The molecule has 1 amide bonds. The second-order valence-electron chi connectivity index (χ2n) is 6.18. The molecule has 0 fully saturated rings. The van der Waals surface area contributed by atoms with Crippen molar-refractivity contribution < 1.29 is 9.90 Å². The molecule has 0 saturated heterocycles. The second kappa shape index (κ2) is 8.15. The van der Waals surface area contributed by atoms with Gasteiger partial charge in [-0.2, -0.15) is 0 Å². The van der Waals surface area contributed by atoms with Gasteiger partial charge < -0.3 is 15.3 Å². The summed E-state index contributed by atoms with van der Waals surface area (Å²) in [4.78, 5) is 13.7. The molecule has 0 aliphatic heterocycles. The van der Waals surface area contributed by atoms with E-state index < -0.39 is 5.60 Å². The van der Waals surface area contributed by atoms with Gasteiger partial charge in [-0.05, 0) is 45.0 Å². The van der Waals surface area contributed by atoms with E-state index in [1.54, 1.807) is 6.92 Å². The molecule has 0 aromatic heterocycles. The first kappa shape index (κ1) is 17.7. The maximum atomic E-state index is 11.8. The Morgan fingerprint density at radius 2 is 1.81 bits per heavy atom. The molecule has 0 aliphatic carbocycles. The maximum Gasteiger partial charge on any atom is 0.220 e. The van der Waals surface area contributed by atoms with Gasteiger partial charge in [0.15, 0.2) is 0 Å².